The Morgan fingerprint density at radius 1 is 0.462 bits per heavy atom. The third kappa shape index (κ3) is 17.5. The molecule has 3 aromatic carbocycles. The number of hydrogen-bond donors (Lipinski definition) is 1. The van der Waals surface area contributed by atoms with Crippen molar-refractivity contribution in [3.63, 3.8) is 0 Å². The number of aliphatic hydroxyl groups is 1. The molecule has 0 bridgehead atoms. The summed E-state index contributed by atoms with van der Waals surface area (Å²) in [5.74, 6) is 0. The van der Waals surface area contributed by atoms with Crippen LogP contribution in [-0.2, 0) is 29.3 Å². The van der Waals surface area contributed by atoms with E-state index in [2.05, 4.69) is 79.7 Å². The predicted molar refractivity (Wildman–Crippen MR) is 214 cm³/mol. The molecular formula is C46H70O6. The van der Waals surface area contributed by atoms with Gasteiger partial charge in [-0.15, -0.1) is 0 Å². The highest BCUT2D eigenvalue weighted by Gasteiger charge is 2.37. The molecule has 0 saturated carbocycles. The highest BCUT2D eigenvalue weighted by molar-refractivity contribution is 5.47. The van der Waals surface area contributed by atoms with Crippen molar-refractivity contribution in [3.8, 4) is 0 Å². The minimum Gasteiger partial charge on any atom is -0.391 e. The third-order valence-electron chi connectivity index (χ3n) is 9.73. The van der Waals surface area contributed by atoms with E-state index in [1.807, 2.05) is 25.1 Å². The summed E-state index contributed by atoms with van der Waals surface area (Å²) in [4.78, 5) is 0. The monoisotopic (exact) mass is 719 g/mol. The van der Waals surface area contributed by atoms with E-state index < -0.39 is 11.7 Å². The quantitative estimate of drug-likeness (QED) is 0.0500. The zero-order valence-corrected chi connectivity index (χ0v) is 32.6. The van der Waals surface area contributed by atoms with E-state index >= 15 is 0 Å². The van der Waals surface area contributed by atoms with E-state index in [9.17, 15) is 5.11 Å². The first-order chi connectivity index (χ1) is 25.7. The van der Waals surface area contributed by atoms with Gasteiger partial charge in [-0.1, -0.05) is 181 Å². The van der Waals surface area contributed by atoms with E-state index in [1.54, 1.807) is 0 Å². The van der Waals surface area contributed by atoms with Gasteiger partial charge >= 0.3 is 0 Å². The lowest BCUT2D eigenvalue weighted by atomic mass is 9.80. The molecule has 0 fully saturated rings. The molecule has 6 heteroatoms. The second-order valence-corrected chi connectivity index (χ2v) is 14.0. The zero-order chi connectivity index (χ0) is 36.8. The van der Waals surface area contributed by atoms with Gasteiger partial charge in [0.15, 0.2) is 0 Å². The predicted octanol–water partition coefficient (Wildman–Crippen LogP) is 10.7. The zero-order valence-electron chi connectivity index (χ0n) is 32.6. The fourth-order valence-electron chi connectivity index (χ4n) is 6.79. The van der Waals surface area contributed by atoms with Gasteiger partial charge in [0, 0.05) is 13.2 Å². The summed E-state index contributed by atoms with van der Waals surface area (Å²) in [5, 5.41) is 10.2. The Morgan fingerprint density at radius 3 is 1.27 bits per heavy atom. The van der Waals surface area contributed by atoms with Crippen molar-refractivity contribution in [2.45, 2.75) is 128 Å². The van der Waals surface area contributed by atoms with Crippen LogP contribution in [0.15, 0.2) is 91.0 Å². The van der Waals surface area contributed by atoms with Crippen molar-refractivity contribution in [1.29, 1.82) is 0 Å². The van der Waals surface area contributed by atoms with Crippen LogP contribution in [0.25, 0.3) is 0 Å². The first kappa shape index (κ1) is 43.8. The molecule has 0 saturated heterocycles. The van der Waals surface area contributed by atoms with E-state index in [-0.39, 0.29) is 6.10 Å². The molecule has 0 aliphatic heterocycles. The lowest BCUT2D eigenvalue weighted by Crippen LogP contribution is -2.34. The van der Waals surface area contributed by atoms with Crippen molar-refractivity contribution in [1.82, 2.24) is 0 Å². The van der Waals surface area contributed by atoms with E-state index in [0.29, 0.717) is 52.9 Å². The van der Waals surface area contributed by atoms with Crippen molar-refractivity contribution in [2.75, 3.05) is 52.9 Å². The Bertz CT molecular complexity index is 1110. The van der Waals surface area contributed by atoms with Gasteiger partial charge < -0.3 is 28.8 Å². The van der Waals surface area contributed by atoms with Gasteiger partial charge in [-0.3, -0.25) is 0 Å². The number of benzene rings is 3. The molecule has 3 rings (SSSR count). The highest BCUT2D eigenvalue weighted by Crippen LogP contribution is 2.40. The second kappa shape index (κ2) is 28.9. The lowest BCUT2D eigenvalue weighted by Gasteiger charge is -2.36. The highest BCUT2D eigenvalue weighted by atomic mass is 16.6. The van der Waals surface area contributed by atoms with Crippen LogP contribution in [-0.4, -0.2) is 70.2 Å². The average Bonchev–Trinajstić information content (AvgIpc) is 3.18. The molecule has 0 aromatic heterocycles. The number of rotatable bonds is 33. The van der Waals surface area contributed by atoms with Gasteiger partial charge in [-0.25, -0.2) is 0 Å². The van der Waals surface area contributed by atoms with Crippen molar-refractivity contribution < 1.29 is 28.8 Å². The van der Waals surface area contributed by atoms with E-state index in [0.717, 1.165) is 36.0 Å². The standard InChI is InChI=1S/C46H70O6/c1-3-4-5-6-7-8-9-10-11-12-13-14-24-32-45(41(2)47)51-34-25-33-48-35-36-49-37-38-50-39-40-52-46(42-26-18-15-19-27-42,43-28-20-16-21-29-43)44-30-22-17-23-31-44/h15-23,26-31,41,45,47H,3-14,24-25,32-40H2,1-2H3. The molecule has 0 amide bonds. The number of unbranched alkanes of at least 4 members (excludes halogenated alkanes) is 12. The van der Waals surface area contributed by atoms with Crippen molar-refractivity contribution >= 4 is 0 Å². The molecule has 0 radical (unpaired) electrons. The minimum absolute atomic E-state index is 0.0899. The SMILES string of the molecule is CCCCCCCCCCCCCCCC(OCCCOCCOCCOCCOC(c1ccccc1)(c1ccccc1)c1ccccc1)C(C)O. The largest absolute Gasteiger partial charge is 0.391 e. The molecule has 0 spiro atoms. The van der Waals surface area contributed by atoms with Crippen molar-refractivity contribution in [3.05, 3.63) is 108 Å². The van der Waals surface area contributed by atoms with Crippen molar-refractivity contribution in [2.24, 2.45) is 0 Å². The molecule has 2 unspecified atom stereocenters. The first-order valence-electron chi connectivity index (χ1n) is 20.5. The van der Waals surface area contributed by atoms with Gasteiger partial charge in [0.25, 0.3) is 0 Å². The summed E-state index contributed by atoms with van der Waals surface area (Å²) in [6.45, 7) is 8.28. The smallest absolute Gasteiger partial charge is 0.143 e. The molecule has 3 aromatic rings. The van der Waals surface area contributed by atoms with Crippen LogP contribution in [0, 0.1) is 0 Å². The maximum Gasteiger partial charge on any atom is 0.143 e. The van der Waals surface area contributed by atoms with Crippen LogP contribution < -0.4 is 0 Å². The van der Waals surface area contributed by atoms with Crippen LogP contribution in [0.4, 0.5) is 0 Å². The molecule has 0 aliphatic carbocycles. The number of ether oxygens (including phenoxy) is 5. The van der Waals surface area contributed by atoms with Crippen LogP contribution >= 0.6 is 0 Å². The fraction of sp³-hybridized carbons (Fsp3) is 0.609. The molecule has 52 heavy (non-hydrogen) atoms. The average molecular weight is 719 g/mol. The first-order valence-corrected chi connectivity index (χ1v) is 20.5. The van der Waals surface area contributed by atoms with Gasteiger partial charge in [0.1, 0.15) is 5.60 Å². The van der Waals surface area contributed by atoms with Crippen LogP contribution in [0.2, 0.25) is 0 Å². The summed E-state index contributed by atoms with van der Waals surface area (Å²) in [6.07, 6.45) is 18.7. The minimum atomic E-state index is -0.741. The van der Waals surface area contributed by atoms with Crippen LogP contribution in [0.5, 0.6) is 0 Å². The Hall–Kier alpha value is -2.58. The Balaban J connectivity index is 1.18. The summed E-state index contributed by atoms with van der Waals surface area (Å²) >= 11 is 0. The topological polar surface area (TPSA) is 66.4 Å². The van der Waals surface area contributed by atoms with Gasteiger partial charge in [0.05, 0.1) is 51.8 Å². The molecule has 1 N–H and O–H groups in total. The van der Waals surface area contributed by atoms with E-state index in [1.165, 1.54) is 77.0 Å². The molecule has 0 heterocycles. The summed E-state index contributed by atoms with van der Waals surface area (Å²) in [6, 6.07) is 31.2. The molecule has 290 valence electrons. The third-order valence-corrected chi connectivity index (χ3v) is 9.73. The number of aliphatic hydroxyl groups excluding tert-OH is 1. The summed E-state index contributed by atoms with van der Waals surface area (Å²) in [7, 11) is 0. The summed E-state index contributed by atoms with van der Waals surface area (Å²) < 4.78 is 30.1. The maximum absolute atomic E-state index is 10.2. The summed E-state index contributed by atoms with van der Waals surface area (Å²) in [5.41, 5.74) is 2.50. The van der Waals surface area contributed by atoms with E-state index in [4.69, 9.17) is 23.7 Å². The fourth-order valence-corrected chi connectivity index (χ4v) is 6.79. The van der Waals surface area contributed by atoms with Crippen LogP contribution in [0.1, 0.15) is 127 Å². The molecule has 0 aliphatic rings. The van der Waals surface area contributed by atoms with Gasteiger partial charge in [0.2, 0.25) is 0 Å². The van der Waals surface area contributed by atoms with Gasteiger partial charge in [-0.2, -0.15) is 0 Å². The Labute approximate surface area is 316 Å². The van der Waals surface area contributed by atoms with Crippen LogP contribution in [0.3, 0.4) is 0 Å². The molecule has 2 atom stereocenters. The molecule has 6 nitrogen and oxygen atoms in total. The Morgan fingerprint density at radius 2 is 0.846 bits per heavy atom. The lowest BCUT2D eigenvalue weighted by molar-refractivity contribution is -0.0455. The number of hydrogen-bond acceptors (Lipinski definition) is 6. The second-order valence-electron chi connectivity index (χ2n) is 14.0. The Kier molecular flexibility index (Phi) is 24.3. The maximum atomic E-state index is 10.2. The molecular weight excluding hydrogens is 649 g/mol. The normalized spacial score (nSPS) is 13.0. The van der Waals surface area contributed by atoms with Gasteiger partial charge in [-0.05, 0) is 36.5 Å².